The van der Waals surface area contributed by atoms with Gasteiger partial charge in [-0.05, 0) is 85.9 Å². The lowest BCUT2D eigenvalue weighted by Gasteiger charge is -2.14. The molecule has 0 aliphatic heterocycles. The Morgan fingerprint density at radius 2 is 0.906 bits per heavy atom. The summed E-state index contributed by atoms with van der Waals surface area (Å²) in [7, 11) is 0. The van der Waals surface area contributed by atoms with Crippen LogP contribution in [0.15, 0.2) is 188 Å². The Kier molecular flexibility index (Phi) is 6.55. The molecule has 0 saturated carbocycles. The van der Waals surface area contributed by atoms with Crippen molar-refractivity contribution >= 4 is 65.2 Å². The van der Waals surface area contributed by atoms with E-state index >= 15 is 0 Å². The van der Waals surface area contributed by atoms with Gasteiger partial charge >= 0.3 is 0 Å². The van der Waals surface area contributed by atoms with Crippen LogP contribution in [0.5, 0.6) is 0 Å². The van der Waals surface area contributed by atoms with Gasteiger partial charge in [0.25, 0.3) is 0 Å². The molecule has 0 unspecified atom stereocenters. The molecule has 11 rings (SSSR count). The lowest BCUT2D eigenvalue weighted by Crippen LogP contribution is -1.97. The highest BCUT2D eigenvalue weighted by Crippen LogP contribution is 2.44. The molecule has 0 aliphatic rings. The fraction of sp³-hybridized carbons (Fsp3) is 0. The molecule has 246 valence electrons. The number of para-hydroxylation sites is 2. The molecule has 2 aromatic heterocycles. The zero-order chi connectivity index (χ0) is 34.9. The molecule has 0 fully saturated rings. The smallest absolute Gasteiger partial charge is 0.0973 e. The van der Waals surface area contributed by atoms with E-state index in [9.17, 15) is 0 Å². The molecule has 0 amide bonds. The molecular formula is C50H31N3. The van der Waals surface area contributed by atoms with Crippen molar-refractivity contribution < 1.29 is 0 Å². The molecule has 0 aliphatic carbocycles. The summed E-state index contributed by atoms with van der Waals surface area (Å²) in [6, 6.07) is 67.3. The van der Waals surface area contributed by atoms with E-state index in [0.29, 0.717) is 0 Å². The van der Waals surface area contributed by atoms with E-state index in [4.69, 9.17) is 9.97 Å². The van der Waals surface area contributed by atoms with Gasteiger partial charge in [-0.15, -0.1) is 0 Å². The maximum absolute atomic E-state index is 5.24. The predicted molar refractivity (Wildman–Crippen MR) is 223 cm³/mol. The maximum Gasteiger partial charge on any atom is 0.0973 e. The molecule has 3 nitrogen and oxygen atoms in total. The summed E-state index contributed by atoms with van der Waals surface area (Å²) < 4.78 is 2.44. The summed E-state index contributed by atoms with van der Waals surface area (Å²) >= 11 is 0. The number of rotatable bonds is 4. The summed E-state index contributed by atoms with van der Waals surface area (Å²) in [6.45, 7) is 0. The van der Waals surface area contributed by atoms with Gasteiger partial charge in [0, 0.05) is 27.6 Å². The van der Waals surface area contributed by atoms with Crippen LogP contribution in [-0.4, -0.2) is 14.5 Å². The summed E-state index contributed by atoms with van der Waals surface area (Å²) in [4.78, 5) is 10.4. The standard InChI is InChI=1S/C50H31N3/c1-2-13-33(14-3-1)42-31-46-48(41-19-9-8-18-40(41)42)47-39-17-7-6-15-34(39)26-29-45(47)53(46)38-27-24-35(25-28-38)49-50(52-44-21-11-10-20-43(44)51-49)37-23-22-32-12-4-5-16-36(32)30-37/h1-31H. The normalized spacial score (nSPS) is 11.8. The molecular weight excluding hydrogens is 643 g/mol. The van der Waals surface area contributed by atoms with Crippen LogP contribution in [0.1, 0.15) is 0 Å². The van der Waals surface area contributed by atoms with Crippen molar-refractivity contribution in [3.05, 3.63) is 188 Å². The minimum Gasteiger partial charge on any atom is -0.309 e. The molecule has 0 N–H and O–H groups in total. The number of fused-ring (bicyclic) bond motifs is 9. The molecule has 53 heavy (non-hydrogen) atoms. The van der Waals surface area contributed by atoms with E-state index < -0.39 is 0 Å². The van der Waals surface area contributed by atoms with E-state index in [0.717, 1.165) is 39.2 Å². The average molecular weight is 674 g/mol. The molecule has 2 heterocycles. The van der Waals surface area contributed by atoms with Crippen molar-refractivity contribution in [2.45, 2.75) is 0 Å². The van der Waals surface area contributed by atoms with Crippen molar-refractivity contribution in [2.75, 3.05) is 0 Å². The lowest BCUT2D eigenvalue weighted by atomic mass is 9.94. The van der Waals surface area contributed by atoms with Crippen LogP contribution < -0.4 is 0 Å². The SMILES string of the molecule is c1ccc(-c2cc3c(c4ccccc24)c2c4ccccc4ccc2n3-c2ccc(-c3nc4ccccc4nc3-c3ccc4ccccc4c3)cc2)cc1. The van der Waals surface area contributed by atoms with E-state index in [1.54, 1.807) is 0 Å². The van der Waals surface area contributed by atoms with Gasteiger partial charge in [-0.1, -0.05) is 146 Å². The average Bonchev–Trinajstić information content (AvgIpc) is 3.58. The van der Waals surface area contributed by atoms with Crippen molar-refractivity contribution in [3.63, 3.8) is 0 Å². The quantitative estimate of drug-likeness (QED) is 0.186. The summed E-state index contributed by atoms with van der Waals surface area (Å²) in [5, 5.41) is 9.94. The molecule has 0 saturated heterocycles. The second-order valence-corrected chi connectivity index (χ2v) is 13.8. The predicted octanol–water partition coefficient (Wildman–Crippen LogP) is 13.2. The van der Waals surface area contributed by atoms with Gasteiger partial charge in [-0.2, -0.15) is 0 Å². The third-order valence-corrected chi connectivity index (χ3v) is 10.7. The van der Waals surface area contributed by atoms with Gasteiger partial charge < -0.3 is 4.57 Å². The molecule has 0 atom stereocenters. The van der Waals surface area contributed by atoms with E-state index in [2.05, 4.69) is 168 Å². The summed E-state index contributed by atoms with van der Waals surface area (Å²) in [5.41, 5.74) is 11.5. The van der Waals surface area contributed by atoms with Crippen molar-refractivity contribution in [1.82, 2.24) is 14.5 Å². The van der Waals surface area contributed by atoms with Gasteiger partial charge in [0.2, 0.25) is 0 Å². The number of hydrogen-bond acceptors (Lipinski definition) is 2. The fourth-order valence-electron chi connectivity index (χ4n) is 8.28. The Morgan fingerprint density at radius 1 is 0.340 bits per heavy atom. The zero-order valence-electron chi connectivity index (χ0n) is 28.7. The third-order valence-electron chi connectivity index (χ3n) is 10.7. The monoisotopic (exact) mass is 673 g/mol. The highest BCUT2D eigenvalue weighted by Gasteiger charge is 2.20. The van der Waals surface area contributed by atoms with Gasteiger partial charge in [0.15, 0.2) is 0 Å². The van der Waals surface area contributed by atoms with Crippen LogP contribution in [0, 0.1) is 0 Å². The van der Waals surface area contributed by atoms with Crippen molar-refractivity contribution in [3.8, 4) is 39.3 Å². The first-order chi connectivity index (χ1) is 26.3. The Morgan fingerprint density at radius 3 is 1.68 bits per heavy atom. The first kappa shape index (κ1) is 29.6. The van der Waals surface area contributed by atoms with Crippen LogP contribution in [0.2, 0.25) is 0 Å². The molecule has 0 radical (unpaired) electrons. The Hall–Kier alpha value is -7.10. The summed E-state index contributed by atoms with van der Waals surface area (Å²) in [5.74, 6) is 0. The molecule has 3 heteroatoms. The van der Waals surface area contributed by atoms with Gasteiger partial charge in [-0.25, -0.2) is 9.97 Å². The second-order valence-electron chi connectivity index (χ2n) is 13.8. The van der Waals surface area contributed by atoms with Gasteiger partial charge in [0.05, 0.1) is 33.5 Å². The van der Waals surface area contributed by atoms with Crippen LogP contribution in [0.3, 0.4) is 0 Å². The van der Waals surface area contributed by atoms with Crippen LogP contribution >= 0.6 is 0 Å². The van der Waals surface area contributed by atoms with Gasteiger partial charge in [-0.3, -0.25) is 0 Å². The maximum atomic E-state index is 5.24. The van der Waals surface area contributed by atoms with Gasteiger partial charge in [0.1, 0.15) is 0 Å². The summed E-state index contributed by atoms with van der Waals surface area (Å²) in [6.07, 6.45) is 0. The van der Waals surface area contributed by atoms with Crippen molar-refractivity contribution in [2.24, 2.45) is 0 Å². The molecule has 11 aromatic rings. The van der Waals surface area contributed by atoms with E-state index in [1.165, 1.54) is 65.3 Å². The Labute approximate surface area is 306 Å². The highest BCUT2D eigenvalue weighted by molar-refractivity contribution is 6.30. The first-order valence-corrected chi connectivity index (χ1v) is 18.1. The minimum atomic E-state index is 0.871. The van der Waals surface area contributed by atoms with Crippen LogP contribution in [-0.2, 0) is 0 Å². The van der Waals surface area contributed by atoms with Crippen LogP contribution in [0.4, 0.5) is 0 Å². The minimum absolute atomic E-state index is 0.871. The largest absolute Gasteiger partial charge is 0.309 e. The number of nitrogens with zero attached hydrogens (tertiary/aromatic N) is 3. The zero-order valence-corrected chi connectivity index (χ0v) is 28.7. The highest BCUT2D eigenvalue weighted by atomic mass is 15.0. The van der Waals surface area contributed by atoms with Crippen LogP contribution in [0.25, 0.3) is 104 Å². The number of aromatic nitrogens is 3. The Bertz CT molecular complexity index is 3210. The topological polar surface area (TPSA) is 30.7 Å². The number of benzene rings is 9. The molecule has 9 aromatic carbocycles. The Balaban J connectivity index is 1.16. The lowest BCUT2D eigenvalue weighted by molar-refractivity contribution is 1.18. The first-order valence-electron chi connectivity index (χ1n) is 18.1. The molecule has 0 bridgehead atoms. The second kappa shape index (κ2) is 11.7. The molecule has 0 spiro atoms. The number of hydrogen-bond donors (Lipinski definition) is 0. The van der Waals surface area contributed by atoms with E-state index in [1.807, 2.05) is 24.3 Å². The van der Waals surface area contributed by atoms with E-state index in [-0.39, 0.29) is 0 Å². The third kappa shape index (κ3) is 4.68. The van der Waals surface area contributed by atoms with Crippen molar-refractivity contribution in [1.29, 1.82) is 0 Å². The fourth-order valence-corrected chi connectivity index (χ4v) is 8.28.